The van der Waals surface area contributed by atoms with Gasteiger partial charge in [-0.3, -0.25) is 10.1 Å². The highest BCUT2D eigenvalue weighted by Crippen LogP contribution is 2.25. The Morgan fingerprint density at radius 3 is 2.56 bits per heavy atom. The van der Waals surface area contributed by atoms with Gasteiger partial charge in [-0.05, 0) is 31.2 Å². The molecular weight excluding hydrogens is 338 g/mol. The molecule has 0 atom stereocenters. The van der Waals surface area contributed by atoms with E-state index in [0.29, 0.717) is 30.8 Å². The molecule has 1 aliphatic rings. The number of amides is 2. The number of thiazole rings is 1. The molecule has 25 heavy (non-hydrogen) atoms. The van der Waals surface area contributed by atoms with Gasteiger partial charge in [0.05, 0.1) is 5.92 Å². The van der Waals surface area contributed by atoms with Crippen LogP contribution in [0.25, 0.3) is 0 Å². The topological polar surface area (TPSA) is 91.3 Å². The lowest BCUT2D eigenvalue weighted by Crippen LogP contribution is -2.40. The molecule has 0 radical (unpaired) electrons. The van der Waals surface area contributed by atoms with Crippen LogP contribution in [0.15, 0.2) is 36.5 Å². The van der Waals surface area contributed by atoms with Gasteiger partial charge in [-0.25, -0.2) is 9.78 Å². The second-order valence-electron chi connectivity index (χ2n) is 6.28. The van der Waals surface area contributed by atoms with Crippen LogP contribution in [0.5, 0.6) is 0 Å². The predicted molar refractivity (Wildman–Crippen MR) is 96.9 cm³/mol. The van der Waals surface area contributed by atoms with Crippen LogP contribution in [0.3, 0.4) is 0 Å². The van der Waals surface area contributed by atoms with Crippen molar-refractivity contribution in [2.24, 2.45) is 5.92 Å². The molecule has 3 N–H and O–H groups in total. The Morgan fingerprint density at radius 1 is 1.16 bits per heavy atom. The number of carbonyl (C=O) groups excluding carboxylic acids is 1. The van der Waals surface area contributed by atoms with E-state index in [1.807, 2.05) is 18.2 Å². The first-order valence-corrected chi connectivity index (χ1v) is 9.21. The zero-order valence-corrected chi connectivity index (χ0v) is 14.6. The molecule has 1 aliphatic carbocycles. The molecular formula is C18H21N3O3S. The predicted octanol–water partition coefficient (Wildman–Crippen LogP) is 3.50. The molecule has 0 aliphatic heterocycles. The van der Waals surface area contributed by atoms with Gasteiger partial charge >= 0.3 is 12.0 Å². The number of urea groups is 1. The summed E-state index contributed by atoms with van der Waals surface area (Å²) in [5, 5.41) is 15.3. The second-order valence-corrected chi connectivity index (χ2v) is 7.39. The van der Waals surface area contributed by atoms with Crippen molar-refractivity contribution in [1.82, 2.24) is 10.3 Å². The molecule has 2 amide bonds. The van der Waals surface area contributed by atoms with E-state index in [9.17, 15) is 9.59 Å². The molecule has 1 aromatic heterocycles. The van der Waals surface area contributed by atoms with Gasteiger partial charge in [0, 0.05) is 23.5 Å². The average Bonchev–Trinajstić information content (AvgIpc) is 3.03. The number of carbonyl (C=O) groups is 2. The summed E-state index contributed by atoms with van der Waals surface area (Å²) in [4.78, 5) is 28.4. The molecule has 1 saturated carbocycles. The lowest BCUT2D eigenvalue weighted by molar-refractivity contribution is -0.142. The number of benzene rings is 1. The van der Waals surface area contributed by atoms with Crippen LogP contribution < -0.4 is 10.6 Å². The Balaban J connectivity index is 1.46. The van der Waals surface area contributed by atoms with Crippen molar-refractivity contribution in [2.75, 3.05) is 5.32 Å². The first-order valence-electron chi connectivity index (χ1n) is 8.39. The lowest BCUT2D eigenvalue weighted by Gasteiger charge is -2.26. The molecule has 0 bridgehead atoms. The zero-order valence-electron chi connectivity index (χ0n) is 13.8. The van der Waals surface area contributed by atoms with Gasteiger partial charge in [0.1, 0.15) is 0 Å². The van der Waals surface area contributed by atoms with E-state index >= 15 is 0 Å². The summed E-state index contributed by atoms with van der Waals surface area (Å²) >= 11 is 1.46. The number of anilines is 1. The Morgan fingerprint density at radius 2 is 1.88 bits per heavy atom. The Bertz CT molecular complexity index is 724. The summed E-state index contributed by atoms with van der Waals surface area (Å²) in [6.07, 6.45) is 5.19. The van der Waals surface area contributed by atoms with E-state index in [2.05, 4.69) is 27.8 Å². The first kappa shape index (κ1) is 17.4. The van der Waals surface area contributed by atoms with Crippen molar-refractivity contribution in [3.63, 3.8) is 0 Å². The molecule has 0 saturated heterocycles. The van der Waals surface area contributed by atoms with Crippen molar-refractivity contribution in [3.05, 3.63) is 47.0 Å². The van der Waals surface area contributed by atoms with Crippen molar-refractivity contribution < 1.29 is 14.7 Å². The van der Waals surface area contributed by atoms with Crippen molar-refractivity contribution in [2.45, 2.75) is 38.1 Å². The van der Waals surface area contributed by atoms with Crippen LogP contribution in [-0.4, -0.2) is 28.1 Å². The number of carboxylic acids is 1. The summed E-state index contributed by atoms with van der Waals surface area (Å²) in [5.74, 6) is -1.02. The molecule has 7 heteroatoms. The largest absolute Gasteiger partial charge is 0.481 e. The number of hydrogen-bond donors (Lipinski definition) is 3. The Kier molecular flexibility index (Phi) is 5.65. The molecule has 2 aromatic rings. The van der Waals surface area contributed by atoms with Crippen LogP contribution >= 0.6 is 11.3 Å². The molecule has 6 nitrogen and oxygen atoms in total. The molecule has 1 aromatic carbocycles. The van der Waals surface area contributed by atoms with Gasteiger partial charge in [0.25, 0.3) is 0 Å². The molecule has 1 fully saturated rings. The fraction of sp³-hybridized carbons (Fsp3) is 0.389. The Labute approximate surface area is 150 Å². The molecule has 0 spiro atoms. The molecule has 0 unspecified atom stereocenters. The monoisotopic (exact) mass is 359 g/mol. The quantitative estimate of drug-likeness (QED) is 0.762. The molecule has 132 valence electrons. The molecule has 3 rings (SSSR count). The SMILES string of the molecule is O=C(Nc1ncc(Cc2ccccc2)s1)NC1CCC(C(=O)O)CC1. The number of rotatable bonds is 5. The van der Waals surface area contributed by atoms with Gasteiger partial charge in [0.15, 0.2) is 5.13 Å². The number of aliphatic carboxylic acids is 1. The zero-order chi connectivity index (χ0) is 17.6. The van der Waals surface area contributed by atoms with Gasteiger partial charge in [0.2, 0.25) is 0 Å². The summed E-state index contributed by atoms with van der Waals surface area (Å²) in [7, 11) is 0. The summed E-state index contributed by atoms with van der Waals surface area (Å²) in [6.45, 7) is 0. The number of nitrogens with zero attached hydrogens (tertiary/aromatic N) is 1. The third-order valence-electron chi connectivity index (χ3n) is 4.41. The maximum absolute atomic E-state index is 12.1. The minimum Gasteiger partial charge on any atom is -0.481 e. The van der Waals surface area contributed by atoms with E-state index in [1.165, 1.54) is 16.9 Å². The maximum Gasteiger partial charge on any atom is 0.321 e. The van der Waals surface area contributed by atoms with E-state index in [4.69, 9.17) is 5.11 Å². The summed E-state index contributed by atoms with van der Waals surface area (Å²) in [5.41, 5.74) is 1.21. The minimum atomic E-state index is -0.739. The van der Waals surface area contributed by atoms with Crippen LogP contribution in [0.2, 0.25) is 0 Å². The summed E-state index contributed by atoms with van der Waals surface area (Å²) < 4.78 is 0. The molecule has 1 heterocycles. The summed E-state index contributed by atoms with van der Waals surface area (Å²) in [6, 6.07) is 9.86. The highest BCUT2D eigenvalue weighted by atomic mass is 32.1. The van der Waals surface area contributed by atoms with E-state index in [-0.39, 0.29) is 18.0 Å². The smallest absolute Gasteiger partial charge is 0.321 e. The average molecular weight is 359 g/mol. The van der Waals surface area contributed by atoms with E-state index in [0.717, 1.165) is 11.3 Å². The van der Waals surface area contributed by atoms with Gasteiger partial charge < -0.3 is 10.4 Å². The third-order valence-corrected chi connectivity index (χ3v) is 5.32. The highest BCUT2D eigenvalue weighted by Gasteiger charge is 2.26. The number of hydrogen-bond acceptors (Lipinski definition) is 4. The Hall–Kier alpha value is -2.41. The number of aromatic nitrogens is 1. The van der Waals surface area contributed by atoms with Crippen molar-refractivity contribution in [3.8, 4) is 0 Å². The highest BCUT2D eigenvalue weighted by molar-refractivity contribution is 7.15. The standard InChI is InChI=1S/C18H21N3O3S/c22-16(23)13-6-8-14(9-7-13)20-17(24)21-18-19-11-15(25-18)10-12-4-2-1-3-5-12/h1-5,11,13-14H,6-10H2,(H,22,23)(H2,19,20,21,24). The van der Waals surface area contributed by atoms with Crippen molar-refractivity contribution >= 4 is 28.5 Å². The van der Waals surface area contributed by atoms with Crippen LogP contribution in [0.4, 0.5) is 9.93 Å². The van der Waals surface area contributed by atoms with E-state index in [1.54, 1.807) is 6.20 Å². The number of carboxylic acid groups (broad SMARTS) is 1. The van der Waals surface area contributed by atoms with Gasteiger partial charge in [-0.15, -0.1) is 11.3 Å². The number of nitrogens with one attached hydrogen (secondary N) is 2. The normalized spacial score (nSPS) is 20.0. The van der Waals surface area contributed by atoms with E-state index < -0.39 is 5.97 Å². The fourth-order valence-corrected chi connectivity index (χ4v) is 3.89. The first-order chi connectivity index (χ1) is 12.1. The van der Waals surface area contributed by atoms with Crippen LogP contribution in [0, 0.1) is 5.92 Å². The van der Waals surface area contributed by atoms with Gasteiger partial charge in [-0.2, -0.15) is 0 Å². The fourth-order valence-electron chi connectivity index (χ4n) is 3.05. The second kappa shape index (κ2) is 8.11. The van der Waals surface area contributed by atoms with Crippen LogP contribution in [0.1, 0.15) is 36.1 Å². The third kappa shape index (κ3) is 5.03. The minimum absolute atomic E-state index is 0.0272. The van der Waals surface area contributed by atoms with Gasteiger partial charge in [-0.1, -0.05) is 30.3 Å². The van der Waals surface area contributed by atoms with Crippen molar-refractivity contribution in [1.29, 1.82) is 0 Å². The van der Waals surface area contributed by atoms with Crippen LogP contribution in [-0.2, 0) is 11.2 Å². The lowest BCUT2D eigenvalue weighted by atomic mass is 9.86. The maximum atomic E-state index is 12.1.